The van der Waals surface area contributed by atoms with Crippen molar-refractivity contribution in [3.05, 3.63) is 34.1 Å². The van der Waals surface area contributed by atoms with Crippen molar-refractivity contribution in [1.82, 2.24) is 0 Å². The first-order chi connectivity index (χ1) is 6.50. The van der Waals surface area contributed by atoms with Gasteiger partial charge in [-0.1, -0.05) is 37.9 Å². The van der Waals surface area contributed by atoms with Crippen molar-refractivity contribution in [3.63, 3.8) is 0 Å². The third kappa shape index (κ3) is 3.06. The molecule has 1 aromatic carbocycles. The minimum Gasteiger partial charge on any atom is -0.480 e. The van der Waals surface area contributed by atoms with Crippen LogP contribution < -0.4 is 0 Å². The largest absolute Gasteiger partial charge is 0.480 e. The number of alkyl halides is 1. The number of halogens is 3. The molecular weight excluding hydrogens is 319 g/mol. The lowest BCUT2D eigenvalue weighted by atomic mass is 10.1. The normalized spacial score (nSPS) is 12.5. The monoisotopic (exact) mass is 324 g/mol. The molecule has 0 aromatic heterocycles. The average molecular weight is 326 g/mol. The summed E-state index contributed by atoms with van der Waals surface area (Å²) >= 11 is 6.19. The molecule has 5 heteroatoms. The van der Waals surface area contributed by atoms with Crippen LogP contribution in [-0.4, -0.2) is 15.9 Å². The predicted octanol–water partition coefficient (Wildman–Crippen LogP) is 2.98. The molecule has 1 aromatic rings. The maximum absolute atomic E-state index is 12.7. The molecule has 0 aliphatic carbocycles. The van der Waals surface area contributed by atoms with Gasteiger partial charge in [-0.3, -0.25) is 4.79 Å². The Morgan fingerprint density at radius 1 is 1.57 bits per heavy atom. The molecule has 2 nitrogen and oxygen atoms in total. The van der Waals surface area contributed by atoms with E-state index in [2.05, 4.69) is 31.9 Å². The fraction of sp³-hybridized carbons (Fsp3) is 0.222. The van der Waals surface area contributed by atoms with E-state index in [1.54, 1.807) is 6.07 Å². The maximum Gasteiger partial charge on any atom is 0.317 e. The topological polar surface area (TPSA) is 37.3 Å². The van der Waals surface area contributed by atoms with Crippen LogP contribution in [0.5, 0.6) is 0 Å². The van der Waals surface area contributed by atoms with Gasteiger partial charge in [0.1, 0.15) is 10.6 Å². The standard InChI is InChI=1S/C9H7Br2FO2/c10-7-4-6(12)2-1-5(7)3-8(11)9(13)14/h1-2,4,8H,3H2,(H,13,14). The molecule has 0 aliphatic rings. The van der Waals surface area contributed by atoms with E-state index in [9.17, 15) is 9.18 Å². The molecule has 0 aliphatic heterocycles. The third-order valence-electron chi connectivity index (χ3n) is 1.68. The molecule has 1 N–H and O–H groups in total. The number of rotatable bonds is 3. The second-order valence-electron chi connectivity index (χ2n) is 2.75. The van der Waals surface area contributed by atoms with E-state index in [0.717, 1.165) is 5.56 Å². The molecule has 0 bridgehead atoms. The van der Waals surface area contributed by atoms with Gasteiger partial charge in [-0.15, -0.1) is 0 Å². The minimum absolute atomic E-state index is 0.316. The summed E-state index contributed by atoms with van der Waals surface area (Å²) in [6.45, 7) is 0. The van der Waals surface area contributed by atoms with Gasteiger partial charge in [0.25, 0.3) is 0 Å². The number of carboxylic acids is 1. The Kier molecular flexibility index (Phi) is 4.07. The Morgan fingerprint density at radius 2 is 2.21 bits per heavy atom. The summed E-state index contributed by atoms with van der Waals surface area (Å²) in [5.74, 6) is -1.27. The zero-order valence-corrected chi connectivity index (χ0v) is 10.2. The number of hydrogen-bond donors (Lipinski definition) is 1. The first kappa shape index (κ1) is 11.7. The van der Waals surface area contributed by atoms with Gasteiger partial charge in [0.15, 0.2) is 0 Å². The summed E-state index contributed by atoms with van der Waals surface area (Å²) in [4.78, 5) is 9.90. The maximum atomic E-state index is 12.7. The van der Waals surface area contributed by atoms with Crippen LogP contribution in [0.25, 0.3) is 0 Å². The van der Waals surface area contributed by atoms with Crippen LogP contribution in [0.1, 0.15) is 5.56 Å². The third-order valence-corrected chi connectivity index (χ3v) is 3.14. The SMILES string of the molecule is O=C(O)C(Br)Cc1ccc(F)cc1Br. The molecule has 0 fully saturated rings. The highest BCUT2D eigenvalue weighted by atomic mass is 79.9. The van der Waals surface area contributed by atoms with Crippen LogP contribution in [0.2, 0.25) is 0 Å². The Balaban J connectivity index is 2.82. The number of aliphatic carboxylic acids is 1. The fourth-order valence-electron chi connectivity index (χ4n) is 0.968. The van der Waals surface area contributed by atoms with Crippen molar-refractivity contribution in [2.45, 2.75) is 11.2 Å². The first-order valence-corrected chi connectivity index (χ1v) is 5.52. The lowest BCUT2D eigenvalue weighted by molar-refractivity contribution is -0.136. The molecule has 1 atom stereocenters. The van der Waals surface area contributed by atoms with E-state index in [0.29, 0.717) is 10.9 Å². The van der Waals surface area contributed by atoms with Crippen LogP contribution in [-0.2, 0) is 11.2 Å². The summed E-state index contributed by atoms with van der Waals surface area (Å²) in [5, 5.41) is 8.65. The molecule has 0 amide bonds. The average Bonchev–Trinajstić information content (AvgIpc) is 2.09. The highest BCUT2D eigenvalue weighted by Crippen LogP contribution is 2.21. The molecule has 0 heterocycles. The number of carbonyl (C=O) groups is 1. The quantitative estimate of drug-likeness (QED) is 0.867. The molecular formula is C9H7Br2FO2. The van der Waals surface area contributed by atoms with Crippen LogP contribution in [0, 0.1) is 5.82 Å². The van der Waals surface area contributed by atoms with E-state index >= 15 is 0 Å². The van der Waals surface area contributed by atoms with Gasteiger partial charge in [0.05, 0.1) is 0 Å². The van der Waals surface area contributed by atoms with Gasteiger partial charge in [-0.25, -0.2) is 4.39 Å². The summed E-state index contributed by atoms with van der Waals surface area (Å²) in [6.07, 6.45) is 0.316. The van der Waals surface area contributed by atoms with Gasteiger partial charge in [-0.05, 0) is 24.1 Å². The van der Waals surface area contributed by atoms with Crippen molar-refractivity contribution >= 4 is 37.8 Å². The number of carboxylic acid groups (broad SMARTS) is 1. The minimum atomic E-state index is -0.929. The van der Waals surface area contributed by atoms with Gasteiger partial charge >= 0.3 is 5.97 Å². The van der Waals surface area contributed by atoms with E-state index in [4.69, 9.17) is 5.11 Å². The van der Waals surface area contributed by atoms with Crippen LogP contribution >= 0.6 is 31.9 Å². The van der Waals surface area contributed by atoms with Gasteiger partial charge in [0.2, 0.25) is 0 Å². The van der Waals surface area contributed by atoms with Crippen molar-refractivity contribution < 1.29 is 14.3 Å². The smallest absolute Gasteiger partial charge is 0.317 e. The zero-order valence-electron chi connectivity index (χ0n) is 7.01. The highest BCUT2D eigenvalue weighted by molar-refractivity contribution is 9.10. The van der Waals surface area contributed by atoms with Crippen molar-refractivity contribution in [2.24, 2.45) is 0 Å². The molecule has 0 saturated heterocycles. The lowest BCUT2D eigenvalue weighted by Crippen LogP contribution is -2.15. The molecule has 14 heavy (non-hydrogen) atoms. The zero-order chi connectivity index (χ0) is 10.7. The molecule has 1 unspecified atom stereocenters. The highest BCUT2D eigenvalue weighted by Gasteiger charge is 2.15. The van der Waals surface area contributed by atoms with E-state index in [-0.39, 0.29) is 5.82 Å². The van der Waals surface area contributed by atoms with Crippen LogP contribution in [0.15, 0.2) is 22.7 Å². The van der Waals surface area contributed by atoms with Crippen LogP contribution in [0.3, 0.4) is 0 Å². The number of benzene rings is 1. The second-order valence-corrected chi connectivity index (χ2v) is 4.71. The Morgan fingerprint density at radius 3 is 2.71 bits per heavy atom. The molecule has 0 spiro atoms. The molecule has 76 valence electrons. The second kappa shape index (κ2) is 4.89. The summed E-state index contributed by atoms with van der Waals surface area (Å²) in [6, 6.07) is 4.19. The molecule has 0 radical (unpaired) electrons. The van der Waals surface area contributed by atoms with E-state index in [1.807, 2.05) is 0 Å². The van der Waals surface area contributed by atoms with Crippen molar-refractivity contribution in [2.75, 3.05) is 0 Å². The molecule has 1 rings (SSSR count). The van der Waals surface area contributed by atoms with Gasteiger partial charge in [-0.2, -0.15) is 0 Å². The summed E-state index contributed by atoms with van der Waals surface area (Å²) in [7, 11) is 0. The van der Waals surface area contributed by atoms with Gasteiger partial charge < -0.3 is 5.11 Å². The Hall–Kier alpha value is -0.420. The fourth-order valence-corrected chi connectivity index (χ4v) is 1.83. The molecule has 0 saturated carbocycles. The van der Waals surface area contributed by atoms with E-state index < -0.39 is 10.8 Å². The number of hydrogen-bond acceptors (Lipinski definition) is 1. The van der Waals surface area contributed by atoms with Gasteiger partial charge in [0, 0.05) is 4.47 Å². The van der Waals surface area contributed by atoms with Crippen molar-refractivity contribution in [1.29, 1.82) is 0 Å². The lowest BCUT2D eigenvalue weighted by Gasteiger charge is -2.06. The van der Waals surface area contributed by atoms with E-state index in [1.165, 1.54) is 12.1 Å². The van der Waals surface area contributed by atoms with Crippen molar-refractivity contribution in [3.8, 4) is 0 Å². The summed E-state index contributed by atoms with van der Waals surface area (Å²) in [5.41, 5.74) is 0.760. The summed E-state index contributed by atoms with van der Waals surface area (Å²) < 4.78 is 13.3. The first-order valence-electron chi connectivity index (χ1n) is 3.81. The Labute approximate surface area is 97.4 Å². The van der Waals surface area contributed by atoms with Crippen LogP contribution in [0.4, 0.5) is 4.39 Å². The Bertz CT molecular complexity index is 355. The predicted molar refractivity (Wildman–Crippen MR) is 58.2 cm³/mol.